The summed E-state index contributed by atoms with van der Waals surface area (Å²) in [6.07, 6.45) is 3.60. The molecule has 0 saturated heterocycles. The van der Waals surface area contributed by atoms with E-state index in [4.69, 9.17) is 0 Å². The lowest BCUT2D eigenvalue weighted by molar-refractivity contribution is -0.139. The first-order valence-electron chi connectivity index (χ1n) is 9.65. The molecule has 0 radical (unpaired) electrons. The van der Waals surface area contributed by atoms with Gasteiger partial charge in [0, 0.05) is 25.9 Å². The highest BCUT2D eigenvalue weighted by Crippen LogP contribution is 2.60. The summed E-state index contributed by atoms with van der Waals surface area (Å²) in [6, 6.07) is 1.62. The van der Waals surface area contributed by atoms with Crippen LogP contribution >= 0.6 is 0 Å². The third kappa shape index (κ3) is 3.65. The number of amides is 1. The number of carbonyl (C=O) groups excluding carboxylic acids is 1. The van der Waals surface area contributed by atoms with Gasteiger partial charge < -0.3 is 9.47 Å². The smallest absolute Gasteiger partial charge is 0.344 e. The van der Waals surface area contributed by atoms with Crippen LogP contribution in [0.15, 0.2) is 23.1 Å². The maximum Gasteiger partial charge on any atom is 0.417 e. The van der Waals surface area contributed by atoms with Gasteiger partial charge in [-0.2, -0.15) is 13.2 Å². The van der Waals surface area contributed by atoms with Crippen LogP contribution in [0, 0.1) is 23.2 Å². The Balaban J connectivity index is 1.45. The molecule has 4 nitrogen and oxygen atoms in total. The average Bonchev–Trinajstić information content (AvgIpc) is 2.54. The van der Waals surface area contributed by atoms with Crippen LogP contribution in [-0.4, -0.2) is 29.0 Å². The molecule has 1 aromatic rings. The zero-order valence-electron chi connectivity index (χ0n) is 15.5. The molecular weight excluding hydrogens is 357 g/mol. The Morgan fingerprint density at radius 1 is 1.15 bits per heavy atom. The van der Waals surface area contributed by atoms with Crippen molar-refractivity contribution < 1.29 is 18.0 Å². The van der Waals surface area contributed by atoms with Crippen LogP contribution in [0.25, 0.3) is 0 Å². The lowest BCUT2D eigenvalue weighted by atomic mass is 9.49. The molecule has 7 heteroatoms. The Kier molecular flexibility index (Phi) is 4.39. The Labute approximate surface area is 156 Å². The predicted molar refractivity (Wildman–Crippen MR) is 93.9 cm³/mol. The van der Waals surface area contributed by atoms with E-state index >= 15 is 0 Å². The number of aromatic nitrogens is 1. The van der Waals surface area contributed by atoms with Gasteiger partial charge in [-0.1, -0.05) is 0 Å². The maximum absolute atomic E-state index is 12.9. The Morgan fingerprint density at radius 3 is 2.22 bits per heavy atom. The SMILES string of the molecule is CN(CC12CC3CC(CC(C3)C1)C2)C(=O)Cn1cc(C(F)(F)F)ccc1=O. The minimum atomic E-state index is -4.54. The molecule has 1 aromatic heterocycles. The molecule has 4 aliphatic rings. The molecule has 0 aromatic carbocycles. The van der Waals surface area contributed by atoms with Crippen LogP contribution in [-0.2, 0) is 17.5 Å². The van der Waals surface area contributed by atoms with E-state index in [1.54, 1.807) is 11.9 Å². The molecule has 0 N–H and O–H groups in total. The summed E-state index contributed by atoms with van der Waals surface area (Å²) >= 11 is 0. The van der Waals surface area contributed by atoms with Gasteiger partial charge >= 0.3 is 6.18 Å². The summed E-state index contributed by atoms with van der Waals surface area (Å²) in [5.74, 6) is 2.00. The van der Waals surface area contributed by atoms with Gasteiger partial charge in [0.1, 0.15) is 6.54 Å². The molecule has 5 rings (SSSR count). The first kappa shape index (κ1) is 18.6. The monoisotopic (exact) mass is 382 g/mol. The van der Waals surface area contributed by atoms with Gasteiger partial charge in [-0.05, 0) is 67.8 Å². The number of likely N-dealkylation sites (N-methyl/N-ethyl adjacent to an activating group) is 1. The van der Waals surface area contributed by atoms with Crippen molar-refractivity contribution in [3.63, 3.8) is 0 Å². The molecular formula is C20H25F3N2O2. The number of nitrogens with zero attached hydrogens (tertiary/aromatic N) is 2. The number of hydrogen-bond donors (Lipinski definition) is 0. The van der Waals surface area contributed by atoms with Crippen LogP contribution in [0.5, 0.6) is 0 Å². The first-order chi connectivity index (χ1) is 12.6. The standard InChI is InChI=1S/C20H25F3N2O2/c1-24(12-19-7-13-4-14(8-19)6-15(5-13)9-19)18(27)11-25-10-16(20(21,22)23)2-3-17(25)26/h2-3,10,13-15H,4-9,11-12H2,1H3. The minimum Gasteiger partial charge on any atom is -0.344 e. The molecule has 4 bridgehead atoms. The van der Waals surface area contributed by atoms with E-state index in [2.05, 4.69) is 0 Å². The number of hydrogen-bond acceptors (Lipinski definition) is 2. The van der Waals surface area contributed by atoms with Gasteiger partial charge in [0.15, 0.2) is 0 Å². The van der Waals surface area contributed by atoms with E-state index in [1.807, 2.05) is 0 Å². The normalized spacial score (nSPS) is 31.9. The minimum absolute atomic E-state index is 0.165. The van der Waals surface area contributed by atoms with Crippen molar-refractivity contribution >= 4 is 5.91 Å². The van der Waals surface area contributed by atoms with E-state index in [1.165, 1.54) is 19.3 Å². The summed E-state index contributed by atoms with van der Waals surface area (Å²) in [6.45, 7) is 0.286. The van der Waals surface area contributed by atoms with Crippen molar-refractivity contribution in [1.82, 2.24) is 9.47 Å². The zero-order chi connectivity index (χ0) is 19.4. The number of carbonyl (C=O) groups is 1. The summed E-state index contributed by atoms with van der Waals surface area (Å²) in [5, 5.41) is 0. The summed E-state index contributed by atoms with van der Waals surface area (Å²) in [4.78, 5) is 26.2. The molecule has 148 valence electrons. The van der Waals surface area contributed by atoms with Crippen LogP contribution < -0.4 is 5.56 Å². The largest absolute Gasteiger partial charge is 0.417 e. The zero-order valence-corrected chi connectivity index (χ0v) is 15.5. The molecule has 0 atom stereocenters. The third-order valence-electron chi connectivity index (χ3n) is 6.78. The van der Waals surface area contributed by atoms with E-state index in [0.29, 0.717) is 6.54 Å². The van der Waals surface area contributed by atoms with Crippen LogP contribution in [0.2, 0.25) is 0 Å². The van der Waals surface area contributed by atoms with Crippen molar-refractivity contribution in [2.24, 2.45) is 23.2 Å². The van der Waals surface area contributed by atoms with E-state index in [0.717, 1.165) is 59.9 Å². The highest BCUT2D eigenvalue weighted by atomic mass is 19.4. The van der Waals surface area contributed by atoms with E-state index < -0.39 is 17.3 Å². The molecule has 0 aliphatic heterocycles. The molecule has 0 unspecified atom stereocenters. The van der Waals surface area contributed by atoms with Crippen molar-refractivity contribution in [3.8, 4) is 0 Å². The quantitative estimate of drug-likeness (QED) is 0.799. The van der Waals surface area contributed by atoms with Gasteiger partial charge in [0.05, 0.1) is 5.56 Å². The van der Waals surface area contributed by atoms with Gasteiger partial charge in [0.2, 0.25) is 5.91 Å². The van der Waals surface area contributed by atoms with Crippen molar-refractivity contribution in [3.05, 3.63) is 34.2 Å². The van der Waals surface area contributed by atoms with Gasteiger partial charge in [0.25, 0.3) is 5.56 Å². The molecule has 27 heavy (non-hydrogen) atoms. The number of halogens is 3. The van der Waals surface area contributed by atoms with E-state index in [9.17, 15) is 22.8 Å². The van der Waals surface area contributed by atoms with Crippen LogP contribution in [0.3, 0.4) is 0 Å². The number of rotatable bonds is 4. The second-order valence-corrected chi connectivity index (χ2v) is 9.05. The molecule has 1 heterocycles. The topological polar surface area (TPSA) is 42.3 Å². The van der Waals surface area contributed by atoms with Crippen molar-refractivity contribution in [1.29, 1.82) is 0 Å². The first-order valence-corrected chi connectivity index (χ1v) is 9.65. The lowest BCUT2D eigenvalue weighted by Gasteiger charge is -2.57. The van der Waals surface area contributed by atoms with Crippen LogP contribution in [0.4, 0.5) is 13.2 Å². The van der Waals surface area contributed by atoms with Crippen molar-refractivity contribution in [2.45, 2.75) is 51.2 Å². The Morgan fingerprint density at radius 2 is 1.70 bits per heavy atom. The maximum atomic E-state index is 12.9. The second-order valence-electron chi connectivity index (χ2n) is 9.05. The molecule has 4 saturated carbocycles. The Hall–Kier alpha value is -1.79. The van der Waals surface area contributed by atoms with E-state index in [-0.39, 0.29) is 17.9 Å². The highest BCUT2D eigenvalue weighted by molar-refractivity contribution is 5.75. The number of alkyl halides is 3. The molecule has 4 aliphatic carbocycles. The van der Waals surface area contributed by atoms with Gasteiger partial charge in [-0.3, -0.25) is 9.59 Å². The van der Waals surface area contributed by atoms with Gasteiger partial charge in [-0.25, -0.2) is 0 Å². The molecule has 0 spiro atoms. The summed E-state index contributed by atoms with van der Waals surface area (Å²) in [7, 11) is 1.71. The highest BCUT2D eigenvalue weighted by Gasteiger charge is 2.51. The Bertz CT molecular complexity index is 764. The van der Waals surface area contributed by atoms with Crippen LogP contribution in [0.1, 0.15) is 44.1 Å². The lowest BCUT2D eigenvalue weighted by Crippen LogP contribution is -2.51. The molecule has 1 amide bonds. The fraction of sp³-hybridized carbons (Fsp3) is 0.700. The fourth-order valence-electron chi connectivity index (χ4n) is 6.16. The van der Waals surface area contributed by atoms with Gasteiger partial charge in [-0.15, -0.1) is 0 Å². The second kappa shape index (κ2) is 6.38. The fourth-order valence-corrected chi connectivity index (χ4v) is 6.16. The predicted octanol–water partition coefficient (Wildman–Crippen LogP) is 3.54. The molecule has 4 fully saturated rings. The third-order valence-corrected chi connectivity index (χ3v) is 6.78. The van der Waals surface area contributed by atoms with Crippen molar-refractivity contribution in [2.75, 3.05) is 13.6 Å². The average molecular weight is 382 g/mol. The summed E-state index contributed by atoms with van der Waals surface area (Å²) < 4.78 is 39.5. The number of pyridine rings is 1. The summed E-state index contributed by atoms with van der Waals surface area (Å²) in [5.41, 5.74) is -1.35.